The number of hydrogen-bond donors (Lipinski definition) is 2. The molecule has 0 unspecified atom stereocenters. The maximum Gasteiger partial charge on any atom is 0.323 e. The summed E-state index contributed by atoms with van der Waals surface area (Å²) in [5.41, 5.74) is 5.01. The number of aromatic nitrogens is 1. The van der Waals surface area contributed by atoms with Gasteiger partial charge in [-0.2, -0.15) is 0 Å². The molecule has 1 aromatic heterocycles. The van der Waals surface area contributed by atoms with Gasteiger partial charge in [-0.3, -0.25) is 9.59 Å². The summed E-state index contributed by atoms with van der Waals surface area (Å²) in [7, 11) is -3.17. The van der Waals surface area contributed by atoms with Gasteiger partial charge in [0.15, 0.2) is 9.84 Å². The van der Waals surface area contributed by atoms with Crippen LogP contribution in [0.1, 0.15) is 29.3 Å². The third kappa shape index (κ3) is 3.59. The molecular weight excluding hydrogens is 404 g/mol. The molecule has 1 amide bonds. The third-order valence-corrected chi connectivity index (χ3v) is 7.36. The number of aliphatic carboxylic acids is 1. The van der Waals surface area contributed by atoms with Crippen LogP contribution >= 0.6 is 0 Å². The number of carboxylic acids is 1. The molecule has 0 bridgehead atoms. The van der Waals surface area contributed by atoms with Crippen LogP contribution in [0.5, 0.6) is 0 Å². The minimum atomic E-state index is -3.17. The predicted octanol–water partition coefficient (Wildman–Crippen LogP) is 2.91. The molecular formula is C22H22N2O5S. The number of aryl methyl sites for hydroxylation is 1. The van der Waals surface area contributed by atoms with Crippen molar-refractivity contribution in [3.8, 4) is 0 Å². The average molecular weight is 426 g/mol. The monoisotopic (exact) mass is 426 g/mol. The molecule has 2 heterocycles. The number of sulfone groups is 1. The summed E-state index contributed by atoms with van der Waals surface area (Å²) in [5, 5.41) is 13.0. The second-order valence-electron chi connectivity index (χ2n) is 7.64. The molecule has 2 aromatic carbocycles. The predicted molar refractivity (Wildman–Crippen MR) is 114 cm³/mol. The first kappa shape index (κ1) is 20.2. The molecule has 0 saturated heterocycles. The van der Waals surface area contributed by atoms with E-state index in [9.17, 15) is 23.1 Å². The van der Waals surface area contributed by atoms with Crippen LogP contribution < -0.4 is 5.32 Å². The van der Waals surface area contributed by atoms with Gasteiger partial charge in [0.05, 0.1) is 10.6 Å². The Hall–Kier alpha value is -3.13. The molecule has 4 rings (SSSR count). The van der Waals surface area contributed by atoms with Crippen LogP contribution in [0.15, 0.2) is 41.3 Å². The van der Waals surface area contributed by atoms with E-state index in [-0.39, 0.29) is 18.2 Å². The van der Waals surface area contributed by atoms with Crippen molar-refractivity contribution in [2.75, 3.05) is 11.1 Å². The average Bonchev–Trinajstić information content (AvgIpc) is 3.09. The SMILES string of the molecule is CC(=O)Nc1ccc2c(c1)c(Cc1ccc3c(c1)CCS3(=O)=O)c(C)n2CC(=O)O. The van der Waals surface area contributed by atoms with Crippen LogP contribution in [0.3, 0.4) is 0 Å². The maximum absolute atomic E-state index is 12.1. The summed E-state index contributed by atoms with van der Waals surface area (Å²) >= 11 is 0. The summed E-state index contributed by atoms with van der Waals surface area (Å²) in [6.45, 7) is 3.16. The van der Waals surface area contributed by atoms with Gasteiger partial charge in [-0.1, -0.05) is 12.1 Å². The summed E-state index contributed by atoms with van der Waals surface area (Å²) in [6, 6.07) is 10.8. The molecule has 0 spiro atoms. The van der Waals surface area contributed by atoms with Crippen LogP contribution in [0.4, 0.5) is 5.69 Å². The number of anilines is 1. The molecule has 8 heteroatoms. The highest BCUT2D eigenvalue weighted by Crippen LogP contribution is 2.32. The Balaban J connectivity index is 1.82. The highest BCUT2D eigenvalue weighted by Gasteiger charge is 2.26. The Bertz CT molecular complexity index is 1300. The molecule has 156 valence electrons. The van der Waals surface area contributed by atoms with Gasteiger partial charge in [0.25, 0.3) is 0 Å². The lowest BCUT2D eigenvalue weighted by Crippen LogP contribution is -2.10. The van der Waals surface area contributed by atoms with Crippen molar-refractivity contribution in [1.29, 1.82) is 0 Å². The maximum atomic E-state index is 12.1. The Morgan fingerprint density at radius 2 is 1.93 bits per heavy atom. The Labute approximate surface area is 174 Å². The van der Waals surface area contributed by atoms with Crippen LogP contribution in [0.2, 0.25) is 0 Å². The van der Waals surface area contributed by atoms with E-state index < -0.39 is 15.8 Å². The highest BCUT2D eigenvalue weighted by atomic mass is 32.2. The van der Waals surface area contributed by atoms with Gasteiger partial charge < -0.3 is 15.0 Å². The normalized spacial score (nSPS) is 14.6. The third-order valence-electron chi connectivity index (χ3n) is 5.55. The first-order valence-electron chi connectivity index (χ1n) is 9.61. The molecule has 2 N–H and O–H groups in total. The van der Waals surface area contributed by atoms with Crippen LogP contribution in [-0.4, -0.2) is 35.7 Å². The van der Waals surface area contributed by atoms with Crippen LogP contribution in [-0.2, 0) is 38.8 Å². The fraction of sp³-hybridized carbons (Fsp3) is 0.273. The van der Waals surface area contributed by atoms with Crippen molar-refractivity contribution in [3.05, 3.63) is 58.8 Å². The minimum Gasteiger partial charge on any atom is -0.480 e. The fourth-order valence-electron chi connectivity index (χ4n) is 4.19. The molecule has 0 saturated carbocycles. The topological polar surface area (TPSA) is 105 Å². The molecule has 0 aliphatic carbocycles. The Morgan fingerprint density at radius 3 is 2.63 bits per heavy atom. The highest BCUT2D eigenvalue weighted by molar-refractivity contribution is 7.91. The number of fused-ring (bicyclic) bond motifs is 2. The summed E-state index contributed by atoms with van der Waals surface area (Å²) in [6.07, 6.45) is 1.05. The largest absolute Gasteiger partial charge is 0.480 e. The quantitative estimate of drug-likeness (QED) is 0.653. The Morgan fingerprint density at radius 1 is 1.17 bits per heavy atom. The van der Waals surface area contributed by atoms with Gasteiger partial charge in [-0.25, -0.2) is 8.42 Å². The summed E-state index contributed by atoms with van der Waals surface area (Å²) in [4.78, 5) is 23.3. The molecule has 0 fully saturated rings. The van der Waals surface area contributed by atoms with Gasteiger partial charge in [-0.15, -0.1) is 0 Å². The van der Waals surface area contributed by atoms with Crippen molar-refractivity contribution in [3.63, 3.8) is 0 Å². The second-order valence-corrected chi connectivity index (χ2v) is 9.72. The molecule has 7 nitrogen and oxygen atoms in total. The number of carboxylic acid groups (broad SMARTS) is 1. The van der Waals surface area contributed by atoms with Crippen molar-refractivity contribution < 1.29 is 23.1 Å². The number of rotatable bonds is 5. The first-order chi connectivity index (χ1) is 14.2. The molecule has 0 radical (unpaired) electrons. The van der Waals surface area contributed by atoms with Gasteiger partial charge in [-0.05, 0) is 60.7 Å². The lowest BCUT2D eigenvalue weighted by Gasteiger charge is -2.07. The van der Waals surface area contributed by atoms with Crippen LogP contribution in [0, 0.1) is 6.92 Å². The van der Waals surface area contributed by atoms with E-state index in [1.807, 2.05) is 31.2 Å². The van der Waals surface area contributed by atoms with E-state index in [2.05, 4.69) is 5.32 Å². The standard InChI is InChI=1S/C22H22N2O5S/c1-13-18(10-15-3-6-21-16(9-15)7-8-30(21,28)29)19-11-17(23-14(2)25)4-5-20(19)24(13)12-22(26)27/h3-6,9,11H,7-8,10,12H2,1-2H3,(H,23,25)(H,26,27). The van der Waals surface area contributed by atoms with Crippen molar-refractivity contribution in [1.82, 2.24) is 4.57 Å². The minimum absolute atomic E-state index is 0.142. The van der Waals surface area contributed by atoms with Crippen molar-refractivity contribution >= 4 is 38.3 Å². The fourth-order valence-corrected chi connectivity index (χ4v) is 5.74. The van der Waals surface area contributed by atoms with Gasteiger partial charge in [0, 0.05) is 29.2 Å². The lowest BCUT2D eigenvalue weighted by atomic mass is 9.99. The Kier molecular flexibility index (Phi) is 4.89. The molecule has 1 aliphatic heterocycles. The van der Waals surface area contributed by atoms with E-state index in [4.69, 9.17) is 0 Å². The van der Waals surface area contributed by atoms with E-state index in [1.54, 1.807) is 16.7 Å². The number of amides is 1. The van der Waals surface area contributed by atoms with Crippen LogP contribution in [0.25, 0.3) is 10.9 Å². The molecule has 1 aliphatic rings. The number of nitrogens with zero attached hydrogens (tertiary/aromatic N) is 1. The van der Waals surface area contributed by atoms with E-state index in [0.29, 0.717) is 23.4 Å². The zero-order valence-corrected chi connectivity index (χ0v) is 17.5. The van der Waals surface area contributed by atoms with Gasteiger partial charge in [0.1, 0.15) is 6.54 Å². The van der Waals surface area contributed by atoms with Gasteiger partial charge in [0.2, 0.25) is 5.91 Å². The molecule has 30 heavy (non-hydrogen) atoms. The molecule has 3 aromatic rings. The van der Waals surface area contributed by atoms with E-state index in [1.165, 1.54) is 6.92 Å². The lowest BCUT2D eigenvalue weighted by molar-refractivity contribution is -0.137. The number of nitrogens with one attached hydrogen (secondary N) is 1. The summed E-state index contributed by atoms with van der Waals surface area (Å²) in [5.74, 6) is -0.976. The van der Waals surface area contributed by atoms with E-state index >= 15 is 0 Å². The smallest absolute Gasteiger partial charge is 0.323 e. The first-order valence-corrected chi connectivity index (χ1v) is 11.3. The molecule has 0 atom stereocenters. The zero-order chi connectivity index (χ0) is 21.6. The second kappa shape index (κ2) is 7.28. The van der Waals surface area contributed by atoms with Crippen molar-refractivity contribution in [2.24, 2.45) is 0 Å². The van der Waals surface area contributed by atoms with E-state index in [0.717, 1.165) is 33.3 Å². The van der Waals surface area contributed by atoms with Gasteiger partial charge >= 0.3 is 5.97 Å². The summed E-state index contributed by atoms with van der Waals surface area (Å²) < 4.78 is 25.9. The van der Waals surface area contributed by atoms with Crippen molar-refractivity contribution in [2.45, 2.75) is 38.1 Å². The number of carbonyl (C=O) groups excluding carboxylic acids is 1. The number of benzene rings is 2. The number of hydrogen-bond acceptors (Lipinski definition) is 4. The number of carbonyl (C=O) groups is 2. The zero-order valence-electron chi connectivity index (χ0n) is 16.7.